The normalized spacial score (nSPS) is 18.2. The van der Waals surface area contributed by atoms with Crippen LogP contribution in [0.15, 0.2) is 22.7 Å². The minimum atomic E-state index is -0.395. The molecule has 3 heteroatoms. The number of rotatable bonds is 2. The first-order valence-corrected chi connectivity index (χ1v) is 6.20. The number of hydrogen-bond donors (Lipinski definition) is 1. The van der Waals surface area contributed by atoms with Gasteiger partial charge >= 0.3 is 0 Å². The van der Waals surface area contributed by atoms with E-state index in [0.717, 1.165) is 23.1 Å². The molecule has 0 spiro atoms. The van der Waals surface area contributed by atoms with Gasteiger partial charge in [0, 0.05) is 17.6 Å². The minimum Gasteiger partial charge on any atom is -0.389 e. The van der Waals surface area contributed by atoms with Crippen LogP contribution in [-0.4, -0.2) is 18.2 Å². The Morgan fingerprint density at radius 1 is 1.33 bits per heavy atom. The van der Waals surface area contributed by atoms with Crippen molar-refractivity contribution in [2.75, 3.05) is 18.0 Å². The van der Waals surface area contributed by atoms with Gasteiger partial charge in [-0.3, -0.25) is 0 Å². The Morgan fingerprint density at radius 2 is 2.00 bits per heavy atom. The van der Waals surface area contributed by atoms with Gasteiger partial charge in [0.2, 0.25) is 0 Å². The molecule has 1 aromatic carbocycles. The van der Waals surface area contributed by atoms with Crippen LogP contribution in [0.1, 0.15) is 31.4 Å². The highest BCUT2D eigenvalue weighted by molar-refractivity contribution is 9.10. The predicted octanol–water partition coefficient (Wildman–Crippen LogP) is 3.10. The number of nitrogens with zero attached hydrogens (tertiary/aromatic N) is 1. The summed E-state index contributed by atoms with van der Waals surface area (Å²) in [6.07, 6.45) is 2.17. The average molecular weight is 270 g/mol. The lowest BCUT2D eigenvalue weighted by molar-refractivity contribution is 0.199. The zero-order valence-corrected chi connectivity index (χ0v) is 10.5. The lowest BCUT2D eigenvalue weighted by Gasteiger charge is -2.20. The van der Waals surface area contributed by atoms with Crippen molar-refractivity contribution >= 4 is 21.6 Å². The monoisotopic (exact) mass is 269 g/mol. The maximum atomic E-state index is 9.47. The third-order valence-corrected chi connectivity index (χ3v) is 3.54. The first kappa shape index (κ1) is 11.0. The summed E-state index contributed by atoms with van der Waals surface area (Å²) >= 11 is 3.57. The Kier molecular flexibility index (Phi) is 3.32. The second kappa shape index (κ2) is 4.54. The lowest BCUT2D eigenvalue weighted by Crippen LogP contribution is -2.18. The Morgan fingerprint density at radius 3 is 2.53 bits per heavy atom. The Hall–Kier alpha value is -0.540. The van der Waals surface area contributed by atoms with Crippen molar-refractivity contribution in [1.82, 2.24) is 0 Å². The second-order valence-electron chi connectivity index (χ2n) is 4.08. The first-order valence-electron chi connectivity index (χ1n) is 5.41. The van der Waals surface area contributed by atoms with Gasteiger partial charge in [0.1, 0.15) is 0 Å². The molecule has 0 saturated carbocycles. The minimum absolute atomic E-state index is 0.395. The molecule has 2 nitrogen and oxygen atoms in total. The van der Waals surface area contributed by atoms with Crippen molar-refractivity contribution in [2.45, 2.75) is 25.9 Å². The highest BCUT2D eigenvalue weighted by Crippen LogP contribution is 2.31. The van der Waals surface area contributed by atoms with Crippen LogP contribution in [0, 0.1) is 0 Å². The van der Waals surface area contributed by atoms with Gasteiger partial charge in [-0.25, -0.2) is 0 Å². The van der Waals surface area contributed by atoms with Crippen molar-refractivity contribution in [1.29, 1.82) is 0 Å². The van der Waals surface area contributed by atoms with E-state index in [1.54, 1.807) is 6.92 Å². The highest BCUT2D eigenvalue weighted by atomic mass is 79.9. The van der Waals surface area contributed by atoms with Gasteiger partial charge in [-0.15, -0.1) is 0 Å². The molecule has 1 saturated heterocycles. The molecule has 0 bridgehead atoms. The van der Waals surface area contributed by atoms with Gasteiger partial charge in [0.25, 0.3) is 0 Å². The van der Waals surface area contributed by atoms with E-state index < -0.39 is 6.10 Å². The standard InChI is InChI=1S/C12H16BrNO/c1-9(15)10-4-5-12(11(13)8-10)14-6-2-3-7-14/h4-5,8-9,15H,2-3,6-7H2,1H3/t9-/m1/s1. The second-order valence-corrected chi connectivity index (χ2v) is 4.94. The fourth-order valence-electron chi connectivity index (χ4n) is 2.00. The molecule has 1 fully saturated rings. The lowest BCUT2D eigenvalue weighted by atomic mass is 10.1. The largest absolute Gasteiger partial charge is 0.389 e. The molecular formula is C12H16BrNO. The molecule has 0 radical (unpaired) electrons. The van der Waals surface area contributed by atoms with Gasteiger partial charge < -0.3 is 10.0 Å². The van der Waals surface area contributed by atoms with E-state index in [-0.39, 0.29) is 0 Å². The quantitative estimate of drug-likeness (QED) is 0.892. The molecule has 2 rings (SSSR count). The summed E-state index contributed by atoms with van der Waals surface area (Å²) in [6.45, 7) is 4.08. The number of halogens is 1. The predicted molar refractivity (Wildman–Crippen MR) is 66.2 cm³/mol. The van der Waals surface area contributed by atoms with Gasteiger partial charge in [0.15, 0.2) is 0 Å². The Balaban J connectivity index is 2.25. The summed E-state index contributed by atoms with van der Waals surface area (Å²) in [4.78, 5) is 2.38. The Bertz CT molecular complexity index is 345. The van der Waals surface area contributed by atoms with Crippen molar-refractivity contribution in [3.05, 3.63) is 28.2 Å². The summed E-state index contributed by atoms with van der Waals surface area (Å²) in [5.74, 6) is 0. The fraction of sp³-hybridized carbons (Fsp3) is 0.500. The third kappa shape index (κ3) is 2.34. The number of benzene rings is 1. The molecule has 1 atom stereocenters. The maximum Gasteiger partial charge on any atom is 0.0762 e. The summed E-state index contributed by atoms with van der Waals surface area (Å²) in [5, 5.41) is 9.47. The van der Waals surface area contributed by atoms with Crippen LogP contribution >= 0.6 is 15.9 Å². The van der Waals surface area contributed by atoms with Crippen LogP contribution in [0.3, 0.4) is 0 Å². The molecule has 15 heavy (non-hydrogen) atoms. The zero-order chi connectivity index (χ0) is 10.8. The summed E-state index contributed by atoms with van der Waals surface area (Å²) in [6, 6.07) is 6.11. The molecular weight excluding hydrogens is 254 g/mol. The number of aliphatic hydroxyl groups is 1. The maximum absolute atomic E-state index is 9.47. The van der Waals surface area contributed by atoms with Crippen LogP contribution in [0.25, 0.3) is 0 Å². The summed E-state index contributed by atoms with van der Waals surface area (Å²) < 4.78 is 1.09. The van der Waals surface area contributed by atoms with E-state index in [9.17, 15) is 5.11 Å². The molecule has 1 aliphatic heterocycles. The molecule has 82 valence electrons. The van der Waals surface area contributed by atoms with Crippen LogP contribution in [-0.2, 0) is 0 Å². The van der Waals surface area contributed by atoms with Crippen LogP contribution in [0.2, 0.25) is 0 Å². The van der Waals surface area contributed by atoms with Crippen molar-refractivity contribution in [3.8, 4) is 0 Å². The highest BCUT2D eigenvalue weighted by Gasteiger charge is 2.15. The first-order chi connectivity index (χ1) is 7.18. The fourth-order valence-corrected chi connectivity index (χ4v) is 2.64. The van der Waals surface area contributed by atoms with E-state index >= 15 is 0 Å². The molecule has 1 aliphatic rings. The van der Waals surface area contributed by atoms with E-state index in [0.29, 0.717) is 0 Å². The molecule has 0 amide bonds. The van der Waals surface area contributed by atoms with Crippen LogP contribution < -0.4 is 4.90 Å². The van der Waals surface area contributed by atoms with Crippen LogP contribution in [0.5, 0.6) is 0 Å². The van der Waals surface area contributed by atoms with Crippen molar-refractivity contribution in [2.24, 2.45) is 0 Å². The van der Waals surface area contributed by atoms with Crippen molar-refractivity contribution < 1.29 is 5.11 Å². The number of aliphatic hydroxyl groups excluding tert-OH is 1. The van der Waals surface area contributed by atoms with E-state index in [1.165, 1.54) is 18.5 Å². The van der Waals surface area contributed by atoms with E-state index in [2.05, 4.69) is 26.9 Å². The Labute approximate surface area is 99.0 Å². The molecule has 0 aliphatic carbocycles. The van der Waals surface area contributed by atoms with Gasteiger partial charge in [-0.05, 0) is 53.4 Å². The van der Waals surface area contributed by atoms with E-state index in [4.69, 9.17) is 0 Å². The number of hydrogen-bond acceptors (Lipinski definition) is 2. The SMILES string of the molecule is C[C@@H](O)c1ccc(N2CCCC2)c(Br)c1. The average Bonchev–Trinajstić information content (AvgIpc) is 2.70. The van der Waals surface area contributed by atoms with Gasteiger partial charge in [-0.1, -0.05) is 6.07 Å². The zero-order valence-electron chi connectivity index (χ0n) is 8.91. The molecule has 0 unspecified atom stereocenters. The molecule has 0 aromatic heterocycles. The topological polar surface area (TPSA) is 23.5 Å². The smallest absolute Gasteiger partial charge is 0.0762 e. The van der Waals surface area contributed by atoms with Crippen LogP contribution in [0.4, 0.5) is 5.69 Å². The van der Waals surface area contributed by atoms with Crippen molar-refractivity contribution in [3.63, 3.8) is 0 Å². The van der Waals surface area contributed by atoms with Gasteiger partial charge in [0.05, 0.1) is 11.8 Å². The molecule has 1 N–H and O–H groups in total. The van der Waals surface area contributed by atoms with Gasteiger partial charge in [-0.2, -0.15) is 0 Å². The molecule has 1 aromatic rings. The summed E-state index contributed by atoms with van der Waals surface area (Å²) in [5.41, 5.74) is 2.21. The van der Waals surface area contributed by atoms with E-state index in [1.807, 2.05) is 12.1 Å². The number of anilines is 1. The summed E-state index contributed by atoms with van der Waals surface area (Å²) in [7, 11) is 0. The third-order valence-electron chi connectivity index (χ3n) is 2.90. The molecule has 1 heterocycles.